The number of benzene rings is 1. The second kappa shape index (κ2) is 4.26. The molecule has 4 rings (SSSR count). The van der Waals surface area contributed by atoms with Gasteiger partial charge in [-0.3, -0.25) is 4.79 Å². The summed E-state index contributed by atoms with van der Waals surface area (Å²) in [7, 11) is -1.33. The van der Waals surface area contributed by atoms with Gasteiger partial charge in [0.2, 0.25) is 0 Å². The van der Waals surface area contributed by atoms with Crippen molar-refractivity contribution in [2.24, 2.45) is 17.3 Å². The number of Topliss-reactive ketones (excluding diaryl/α,β-unsaturated/α-hetero) is 1. The molecule has 2 nitrogen and oxygen atoms in total. The van der Waals surface area contributed by atoms with Gasteiger partial charge in [0.1, 0.15) is 0 Å². The summed E-state index contributed by atoms with van der Waals surface area (Å²) in [6.45, 7) is 0. The Labute approximate surface area is 121 Å². The second-order valence-electron chi connectivity index (χ2n) is 6.03. The zero-order valence-electron chi connectivity index (χ0n) is 11.1. The smallest absolute Gasteiger partial charge is 0.178 e. The molecule has 20 heavy (non-hydrogen) atoms. The van der Waals surface area contributed by atoms with Gasteiger partial charge >= 0.3 is 0 Å². The molecule has 0 N–H and O–H groups in total. The van der Waals surface area contributed by atoms with Gasteiger partial charge in [0, 0.05) is 10.3 Å². The fourth-order valence-electron chi connectivity index (χ4n) is 3.99. The van der Waals surface area contributed by atoms with Crippen LogP contribution in [0.5, 0.6) is 0 Å². The third kappa shape index (κ3) is 1.56. The molecule has 1 saturated carbocycles. The molecule has 3 aliphatic rings. The maximum Gasteiger partial charge on any atom is 0.178 e. The first kappa shape index (κ1) is 12.3. The van der Waals surface area contributed by atoms with E-state index in [0.29, 0.717) is 16.7 Å². The standard InChI is InChI=1S/C17H16O2S/c18-16-15(20(19)14-4-2-1-3-5-14)8-9-17(16)11-12-6-7-13(17)10-12/h1-8,12-13H,9-11H2. The lowest BCUT2D eigenvalue weighted by atomic mass is 9.73. The molecule has 4 unspecified atom stereocenters. The van der Waals surface area contributed by atoms with E-state index in [1.165, 1.54) is 0 Å². The van der Waals surface area contributed by atoms with Crippen LogP contribution in [0.2, 0.25) is 0 Å². The first-order valence-electron chi connectivity index (χ1n) is 7.11. The Morgan fingerprint density at radius 3 is 2.60 bits per heavy atom. The van der Waals surface area contributed by atoms with Crippen molar-refractivity contribution in [1.29, 1.82) is 0 Å². The number of hydrogen-bond donors (Lipinski definition) is 0. The van der Waals surface area contributed by atoms with E-state index in [1.807, 2.05) is 36.4 Å². The lowest BCUT2D eigenvalue weighted by Gasteiger charge is -2.29. The molecule has 2 bridgehead atoms. The average molecular weight is 284 g/mol. The van der Waals surface area contributed by atoms with Crippen LogP contribution in [0.3, 0.4) is 0 Å². The lowest BCUT2D eigenvalue weighted by molar-refractivity contribution is -0.124. The SMILES string of the molecule is O=C1C(S(=O)c2ccccc2)=CCC12CC1C=CC2C1. The van der Waals surface area contributed by atoms with Gasteiger partial charge in [0.05, 0.1) is 15.7 Å². The molecule has 0 saturated heterocycles. The maximum absolute atomic E-state index is 12.8. The molecule has 1 fully saturated rings. The number of ketones is 1. The molecule has 0 aromatic heterocycles. The predicted octanol–water partition coefficient (Wildman–Crippen LogP) is 3.23. The number of hydrogen-bond acceptors (Lipinski definition) is 2. The predicted molar refractivity (Wildman–Crippen MR) is 78.3 cm³/mol. The Kier molecular flexibility index (Phi) is 2.61. The van der Waals surface area contributed by atoms with Crippen molar-refractivity contribution in [3.8, 4) is 0 Å². The van der Waals surface area contributed by atoms with Gasteiger partial charge in [-0.25, -0.2) is 4.21 Å². The molecule has 1 aromatic rings. The topological polar surface area (TPSA) is 34.1 Å². The van der Waals surface area contributed by atoms with Gasteiger partial charge in [-0.1, -0.05) is 36.4 Å². The molecule has 1 aromatic carbocycles. The second-order valence-corrected chi connectivity index (χ2v) is 7.48. The Morgan fingerprint density at radius 2 is 1.95 bits per heavy atom. The molecule has 3 aliphatic carbocycles. The number of carbonyl (C=O) groups is 1. The minimum Gasteiger partial charge on any atom is -0.293 e. The summed E-state index contributed by atoms with van der Waals surface area (Å²) in [5, 5.41) is 0. The van der Waals surface area contributed by atoms with Crippen molar-refractivity contribution in [1.82, 2.24) is 0 Å². The highest BCUT2D eigenvalue weighted by molar-refractivity contribution is 7.90. The van der Waals surface area contributed by atoms with Crippen molar-refractivity contribution in [2.75, 3.05) is 0 Å². The van der Waals surface area contributed by atoms with Crippen molar-refractivity contribution in [3.63, 3.8) is 0 Å². The van der Waals surface area contributed by atoms with Crippen LogP contribution >= 0.6 is 0 Å². The van der Waals surface area contributed by atoms with Crippen LogP contribution < -0.4 is 0 Å². The van der Waals surface area contributed by atoms with E-state index in [4.69, 9.17) is 0 Å². The normalized spacial score (nSPS) is 35.8. The van der Waals surface area contributed by atoms with E-state index < -0.39 is 10.8 Å². The van der Waals surface area contributed by atoms with Gasteiger partial charge < -0.3 is 0 Å². The van der Waals surface area contributed by atoms with Crippen LogP contribution in [0.1, 0.15) is 19.3 Å². The molecule has 4 atom stereocenters. The van der Waals surface area contributed by atoms with Crippen molar-refractivity contribution < 1.29 is 9.00 Å². The summed E-state index contributed by atoms with van der Waals surface area (Å²) >= 11 is 0. The Hall–Kier alpha value is -1.48. The molecule has 0 heterocycles. The van der Waals surface area contributed by atoms with Crippen LogP contribution in [0.25, 0.3) is 0 Å². The number of fused-ring (bicyclic) bond motifs is 3. The molecular formula is C17H16O2S. The average Bonchev–Trinajstić information content (AvgIpc) is 3.16. The minimum absolute atomic E-state index is 0.136. The van der Waals surface area contributed by atoms with Crippen LogP contribution in [-0.4, -0.2) is 9.99 Å². The third-order valence-electron chi connectivity index (χ3n) is 4.99. The molecule has 0 aliphatic heterocycles. The zero-order valence-corrected chi connectivity index (χ0v) is 11.9. The molecule has 102 valence electrons. The summed E-state index contributed by atoms with van der Waals surface area (Å²) in [4.78, 5) is 14.1. The molecule has 3 heteroatoms. The zero-order chi connectivity index (χ0) is 13.7. The van der Waals surface area contributed by atoms with Gasteiger partial charge in [0.25, 0.3) is 0 Å². The summed E-state index contributed by atoms with van der Waals surface area (Å²) < 4.78 is 12.6. The van der Waals surface area contributed by atoms with E-state index in [-0.39, 0.29) is 11.2 Å². The third-order valence-corrected chi connectivity index (χ3v) is 6.45. The summed E-state index contributed by atoms with van der Waals surface area (Å²) in [6, 6.07) is 9.28. The first-order chi connectivity index (χ1) is 9.71. The Morgan fingerprint density at radius 1 is 1.15 bits per heavy atom. The van der Waals surface area contributed by atoms with Gasteiger partial charge in [-0.05, 0) is 43.2 Å². The van der Waals surface area contributed by atoms with Gasteiger partial charge in [-0.2, -0.15) is 0 Å². The van der Waals surface area contributed by atoms with E-state index >= 15 is 0 Å². The van der Waals surface area contributed by atoms with Crippen LogP contribution in [0.15, 0.2) is 58.4 Å². The monoisotopic (exact) mass is 284 g/mol. The van der Waals surface area contributed by atoms with Gasteiger partial charge in [0.15, 0.2) is 5.78 Å². The maximum atomic E-state index is 12.8. The largest absolute Gasteiger partial charge is 0.293 e. The fraction of sp³-hybridized carbons (Fsp3) is 0.353. The highest BCUT2D eigenvalue weighted by atomic mass is 32.2. The van der Waals surface area contributed by atoms with Gasteiger partial charge in [-0.15, -0.1) is 0 Å². The molecule has 1 spiro atoms. The molecule has 0 radical (unpaired) electrons. The van der Waals surface area contributed by atoms with Crippen molar-refractivity contribution >= 4 is 16.6 Å². The molecule has 0 amide bonds. The van der Waals surface area contributed by atoms with Crippen molar-refractivity contribution in [3.05, 3.63) is 53.5 Å². The van der Waals surface area contributed by atoms with E-state index in [2.05, 4.69) is 12.2 Å². The number of allylic oxidation sites excluding steroid dienone is 4. The minimum atomic E-state index is -1.33. The summed E-state index contributed by atoms with van der Waals surface area (Å²) in [6.07, 6.45) is 9.19. The Balaban J connectivity index is 1.65. The van der Waals surface area contributed by atoms with E-state index in [0.717, 1.165) is 24.2 Å². The quantitative estimate of drug-likeness (QED) is 0.781. The summed E-state index contributed by atoms with van der Waals surface area (Å²) in [5.74, 6) is 1.06. The number of carbonyl (C=O) groups excluding carboxylic acids is 1. The lowest BCUT2D eigenvalue weighted by Crippen LogP contribution is -2.32. The van der Waals surface area contributed by atoms with Crippen LogP contribution in [-0.2, 0) is 15.6 Å². The number of rotatable bonds is 2. The van der Waals surface area contributed by atoms with Crippen LogP contribution in [0, 0.1) is 17.3 Å². The Bertz CT molecular complexity index is 659. The molecular weight excluding hydrogens is 268 g/mol. The highest BCUT2D eigenvalue weighted by Crippen LogP contribution is 2.58. The highest BCUT2D eigenvalue weighted by Gasteiger charge is 2.56. The van der Waals surface area contributed by atoms with E-state index in [1.54, 1.807) is 0 Å². The first-order valence-corrected chi connectivity index (χ1v) is 8.26. The van der Waals surface area contributed by atoms with Crippen LogP contribution in [0.4, 0.5) is 0 Å². The van der Waals surface area contributed by atoms with E-state index in [9.17, 15) is 9.00 Å². The summed E-state index contributed by atoms with van der Waals surface area (Å²) in [5.41, 5.74) is -0.265. The fourth-order valence-corrected chi connectivity index (χ4v) is 5.25. The van der Waals surface area contributed by atoms with Crippen molar-refractivity contribution in [2.45, 2.75) is 24.2 Å².